The first-order valence-electron chi connectivity index (χ1n) is 4.32. The van der Waals surface area contributed by atoms with Gasteiger partial charge in [-0.05, 0) is 25.5 Å². The van der Waals surface area contributed by atoms with Crippen LogP contribution in [-0.4, -0.2) is 22.7 Å². The molecule has 4 N–H and O–H groups in total. The summed E-state index contributed by atoms with van der Waals surface area (Å²) in [6.07, 6.45) is 0.705. The highest BCUT2D eigenvalue weighted by atomic mass is 16.3. The maximum atomic E-state index is 8.68. The van der Waals surface area contributed by atoms with E-state index < -0.39 is 0 Å². The van der Waals surface area contributed by atoms with Crippen LogP contribution in [0, 0.1) is 0 Å². The predicted octanol–water partition coefficient (Wildman–Crippen LogP) is 0.847. The van der Waals surface area contributed by atoms with Crippen molar-refractivity contribution in [1.82, 2.24) is 4.98 Å². The molecule has 1 aromatic rings. The quantitative estimate of drug-likeness (QED) is 0.644. The van der Waals surface area contributed by atoms with Gasteiger partial charge >= 0.3 is 0 Å². The van der Waals surface area contributed by atoms with E-state index in [4.69, 9.17) is 10.8 Å². The molecule has 4 heteroatoms. The average Bonchev–Trinajstić information content (AvgIpc) is 2.04. The van der Waals surface area contributed by atoms with Crippen molar-refractivity contribution in [3.63, 3.8) is 0 Å². The van der Waals surface area contributed by atoms with Crippen LogP contribution in [-0.2, 0) is 0 Å². The summed E-state index contributed by atoms with van der Waals surface area (Å²) in [4.78, 5) is 4.08. The lowest BCUT2D eigenvalue weighted by Crippen LogP contribution is -2.17. The van der Waals surface area contributed by atoms with Gasteiger partial charge in [-0.2, -0.15) is 0 Å². The molecule has 0 radical (unpaired) electrons. The minimum absolute atomic E-state index is 0.177. The van der Waals surface area contributed by atoms with E-state index in [1.165, 1.54) is 0 Å². The third-order valence-corrected chi connectivity index (χ3v) is 1.73. The fourth-order valence-corrected chi connectivity index (χ4v) is 1.05. The smallest absolute Gasteiger partial charge is 0.128 e. The molecule has 1 atom stereocenters. The van der Waals surface area contributed by atoms with Crippen molar-refractivity contribution in [3.05, 3.63) is 18.2 Å². The molecule has 0 aliphatic rings. The largest absolute Gasteiger partial charge is 0.396 e. The Kier molecular flexibility index (Phi) is 3.52. The van der Waals surface area contributed by atoms with Crippen LogP contribution in [0.4, 0.5) is 11.6 Å². The van der Waals surface area contributed by atoms with E-state index in [-0.39, 0.29) is 12.6 Å². The molecule has 4 nitrogen and oxygen atoms in total. The lowest BCUT2D eigenvalue weighted by molar-refractivity contribution is 0.282. The molecule has 72 valence electrons. The maximum absolute atomic E-state index is 8.68. The molecular weight excluding hydrogens is 166 g/mol. The molecule has 1 unspecified atom stereocenters. The van der Waals surface area contributed by atoms with Crippen LogP contribution in [0.3, 0.4) is 0 Å². The number of nitrogens with two attached hydrogens (primary N) is 1. The Morgan fingerprint density at radius 1 is 1.62 bits per heavy atom. The zero-order valence-electron chi connectivity index (χ0n) is 7.70. The summed E-state index contributed by atoms with van der Waals surface area (Å²) >= 11 is 0. The number of pyridine rings is 1. The van der Waals surface area contributed by atoms with Gasteiger partial charge in [0, 0.05) is 12.6 Å². The highest BCUT2D eigenvalue weighted by Crippen LogP contribution is 2.08. The van der Waals surface area contributed by atoms with Gasteiger partial charge < -0.3 is 16.2 Å². The summed E-state index contributed by atoms with van der Waals surface area (Å²) in [5.41, 5.74) is 5.51. The van der Waals surface area contributed by atoms with Crippen molar-refractivity contribution in [2.45, 2.75) is 19.4 Å². The molecule has 1 rings (SSSR count). The molecular formula is C9H15N3O. The van der Waals surface area contributed by atoms with Crippen LogP contribution in [0.2, 0.25) is 0 Å². The molecule has 0 aliphatic carbocycles. The number of hydrogen-bond donors (Lipinski definition) is 3. The minimum Gasteiger partial charge on any atom is -0.396 e. The third-order valence-electron chi connectivity index (χ3n) is 1.73. The number of aliphatic hydroxyl groups is 1. The van der Waals surface area contributed by atoms with E-state index in [2.05, 4.69) is 10.3 Å². The Morgan fingerprint density at radius 3 is 3.00 bits per heavy atom. The fourth-order valence-electron chi connectivity index (χ4n) is 1.05. The predicted molar refractivity (Wildman–Crippen MR) is 53.4 cm³/mol. The van der Waals surface area contributed by atoms with Crippen LogP contribution < -0.4 is 11.1 Å². The average molecular weight is 181 g/mol. The van der Waals surface area contributed by atoms with E-state index in [0.29, 0.717) is 12.2 Å². The summed E-state index contributed by atoms with van der Waals surface area (Å²) in [7, 11) is 0. The number of rotatable bonds is 4. The first-order chi connectivity index (χ1) is 6.22. The van der Waals surface area contributed by atoms with Crippen LogP contribution >= 0.6 is 0 Å². The molecule has 1 aromatic heterocycles. The first-order valence-corrected chi connectivity index (χ1v) is 4.32. The second kappa shape index (κ2) is 4.67. The number of nitrogens with one attached hydrogen (secondary N) is 1. The van der Waals surface area contributed by atoms with E-state index >= 15 is 0 Å². The van der Waals surface area contributed by atoms with Crippen LogP contribution in [0.25, 0.3) is 0 Å². The van der Waals surface area contributed by atoms with Crippen molar-refractivity contribution in [1.29, 1.82) is 0 Å². The van der Waals surface area contributed by atoms with Crippen LogP contribution in [0.5, 0.6) is 0 Å². The van der Waals surface area contributed by atoms with Gasteiger partial charge in [-0.1, -0.05) is 6.07 Å². The third kappa shape index (κ3) is 3.29. The van der Waals surface area contributed by atoms with Crippen LogP contribution in [0.1, 0.15) is 13.3 Å². The SMILES string of the molecule is CC(CCO)Nc1cccc(N)n1. The Morgan fingerprint density at radius 2 is 2.38 bits per heavy atom. The van der Waals surface area contributed by atoms with E-state index in [1.807, 2.05) is 19.1 Å². The Labute approximate surface area is 77.8 Å². The molecule has 1 heterocycles. The molecule has 0 saturated carbocycles. The lowest BCUT2D eigenvalue weighted by atomic mass is 10.2. The second-order valence-electron chi connectivity index (χ2n) is 3.01. The van der Waals surface area contributed by atoms with Crippen molar-refractivity contribution in [3.8, 4) is 0 Å². The number of aliphatic hydroxyl groups excluding tert-OH is 1. The second-order valence-corrected chi connectivity index (χ2v) is 3.01. The molecule has 0 bridgehead atoms. The van der Waals surface area contributed by atoms with E-state index in [0.717, 1.165) is 5.82 Å². The van der Waals surface area contributed by atoms with E-state index in [9.17, 15) is 0 Å². The minimum atomic E-state index is 0.177. The number of nitrogen functional groups attached to an aromatic ring is 1. The Bertz CT molecular complexity index is 265. The zero-order valence-corrected chi connectivity index (χ0v) is 7.70. The molecule has 0 amide bonds. The number of aromatic nitrogens is 1. The van der Waals surface area contributed by atoms with Crippen molar-refractivity contribution in [2.24, 2.45) is 0 Å². The van der Waals surface area contributed by atoms with Crippen molar-refractivity contribution in [2.75, 3.05) is 17.7 Å². The van der Waals surface area contributed by atoms with Gasteiger partial charge in [-0.25, -0.2) is 4.98 Å². The lowest BCUT2D eigenvalue weighted by Gasteiger charge is -2.12. The molecule has 0 spiro atoms. The Balaban J connectivity index is 2.53. The van der Waals surface area contributed by atoms with Crippen molar-refractivity contribution < 1.29 is 5.11 Å². The van der Waals surface area contributed by atoms with Crippen molar-refractivity contribution >= 4 is 11.6 Å². The standard InChI is InChI=1S/C9H15N3O/c1-7(5-6-13)11-9-4-2-3-8(10)12-9/h2-4,7,13H,5-6H2,1H3,(H3,10,11,12). The number of nitrogens with zero attached hydrogens (tertiary/aromatic N) is 1. The number of hydrogen-bond acceptors (Lipinski definition) is 4. The summed E-state index contributed by atoms with van der Waals surface area (Å²) in [5.74, 6) is 1.25. The van der Waals surface area contributed by atoms with Gasteiger partial charge in [-0.15, -0.1) is 0 Å². The first kappa shape index (κ1) is 9.80. The van der Waals surface area contributed by atoms with Gasteiger partial charge in [0.05, 0.1) is 0 Å². The fraction of sp³-hybridized carbons (Fsp3) is 0.444. The van der Waals surface area contributed by atoms with Crippen LogP contribution in [0.15, 0.2) is 18.2 Å². The number of anilines is 2. The summed E-state index contributed by atoms with van der Waals surface area (Å²) in [6.45, 7) is 2.16. The molecule has 0 fully saturated rings. The van der Waals surface area contributed by atoms with Gasteiger partial charge in [0.15, 0.2) is 0 Å². The van der Waals surface area contributed by atoms with Gasteiger partial charge in [0.2, 0.25) is 0 Å². The summed E-state index contributed by atoms with van der Waals surface area (Å²) in [5, 5.41) is 11.8. The molecule has 13 heavy (non-hydrogen) atoms. The summed E-state index contributed by atoms with van der Waals surface area (Å²) in [6, 6.07) is 5.64. The molecule has 0 aliphatic heterocycles. The topological polar surface area (TPSA) is 71.2 Å². The van der Waals surface area contributed by atoms with E-state index in [1.54, 1.807) is 6.07 Å². The van der Waals surface area contributed by atoms with Gasteiger partial charge in [0.25, 0.3) is 0 Å². The molecule has 0 aromatic carbocycles. The highest BCUT2D eigenvalue weighted by molar-refractivity contribution is 5.42. The molecule has 0 saturated heterocycles. The van der Waals surface area contributed by atoms with Gasteiger partial charge in [-0.3, -0.25) is 0 Å². The maximum Gasteiger partial charge on any atom is 0.128 e. The normalized spacial score (nSPS) is 12.5. The monoisotopic (exact) mass is 181 g/mol. The Hall–Kier alpha value is -1.29. The zero-order chi connectivity index (χ0) is 9.68. The summed E-state index contributed by atoms with van der Waals surface area (Å²) < 4.78 is 0. The highest BCUT2D eigenvalue weighted by Gasteiger charge is 2.01. The van der Waals surface area contributed by atoms with Gasteiger partial charge in [0.1, 0.15) is 11.6 Å².